The Balaban J connectivity index is 2.05. The molecule has 88 valence electrons. The van der Waals surface area contributed by atoms with E-state index < -0.39 is 5.67 Å². The molecule has 2 heteroatoms. The lowest BCUT2D eigenvalue weighted by Gasteiger charge is -2.35. The van der Waals surface area contributed by atoms with E-state index in [4.69, 9.17) is 0 Å². The zero-order chi connectivity index (χ0) is 11.6. The van der Waals surface area contributed by atoms with Crippen LogP contribution in [0.1, 0.15) is 24.5 Å². The second-order valence-corrected chi connectivity index (χ2v) is 5.13. The standard InChI is InChI=1S/C14H20FN/c1-11-3-5-12(6-4-11)9-13-7-8-16-10-14(13,2)15/h3-6,13,16H,7-10H2,1-2H3. The molecule has 1 N–H and O–H groups in total. The van der Waals surface area contributed by atoms with Gasteiger partial charge in [-0.05, 0) is 44.7 Å². The number of piperidine rings is 1. The van der Waals surface area contributed by atoms with E-state index in [2.05, 4.69) is 36.5 Å². The molecule has 0 amide bonds. The Hall–Kier alpha value is -0.890. The van der Waals surface area contributed by atoms with Gasteiger partial charge in [-0.15, -0.1) is 0 Å². The molecule has 1 aromatic rings. The van der Waals surface area contributed by atoms with Crippen molar-refractivity contribution in [3.8, 4) is 0 Å². The summed E-state index contributed by atoms with van der Waals surface area (Å²) in [6.45, 7) is 5.23. The molecule has 1 aromatic carbocycles. The molecule has 1 aliphatic heterocycles. The molecular formula is C14H20FN. The molecule has 16 heavy (non-hydrogen) atoms. The third kappa shape index (κ3) is 2.62. The molecule has 1 fully saturated rings. The molecule has 1 saturated heterocycles. The van der Waals surface area contributed by atoms with Crippen molar-refractivity contribution in [2.75, 3.05) is 13.1 Å². The Kier molecular flexibility index (Phi) is 3.29. The number of aryl methyl sites for hydroxylation is 1. The van der Waals surface area contributed by atoms with Gasteiger partial charge in [0.2, 0.25) is 0 Å². The van der Waals surface area contributed by atoms with Crippen LogP contribution in [0.3, 0.4) is 0 Å². The van der Waals surface area contributed by atoms with E-state index in [0.29, 0.717) is 6.54 Å². The third-order valence-electron chi connectivity index (χ3n) is 3.59. The number of benzene rings is 1. The van der Waals surface area contributed by atoms with E-state index in [1.54, 1.807) is 6.92 Å². The van der Waals surface area contributed by atoms with Crippen LogP contribution in [-0.4, -0.2) is 18.8 Å². The van der Waals surface area contributed by atoms with Gasteiger partial charge in [0.25, 0.3) is 0 Å². The second-order valence-electron chi connectivity index (χ2n) is 5.13. The average Bonchev–Trinajstić information content (AvgIpc) is 2.24. The summed E-state index contributed by atoms with van der Waals surface area (Å²) in [4.78, 5) is 0. The zero-order valence-corrected chi connectivity index (χ0v) is 10.1. The smallest absolute Gasteiger partial charge is 0.123 e. The first-order valence-corrected chi connectivity index (χ1v) is 6.03. The zero-order valence-electron chi connectivity index (χ0n) is 10.1. The lowest BCUT2D eigenvalue weighted by molar-refractivity contribution is 0.0712. The van der Waals surface area contributed by atoms with Crippen LogP contribution in [0.25, 0.3) is 0 Å². The molecule has 0 aromatic heterocycles. The molecule has 1 aliphatic rings. The lowest BCUT2D eigenvalue weighted by atomic mass is 9.81. The summed E-state index contributed by atoms with van der Waals surface area (Å²) in [6, 6.07) is 8.44. The van der Waals surface area contributed by atoms with Crippen molar-refractivity contribution in [2.24, 2.45) is 5.92 Å². The molecule has 2 atom stereocenters. The van der Waals surface area contributed by atoms with Crippen LogP contribution in [0.4, 0.5) is 4.39 Å². The highest BCUT2D eigenvalue weighted by Gasteiger charge is 2.36. The third-order valence-corrected chi connectivity index (χ3v) is 3.59. The summed E-state index contributed by atoms with van der Waals surface area (Å²) in [5, 5.41) is 3.12. The number of hydrogen-bond acceptors (Lipinski definition) is 1. The van der Waals surface area contributed by atoms with Crippen LogP contribution in [0.5, 0.6) is 0 Å². The highest BCUT2D eigenvalue weighted by molar-refractivity contribution is 5.22. The Bertz CT molecular complexity index is 342. The quantitative estimate of drug-likeness (QED) is 0.809. The van der Waals surface area contributed by atoms with E-state index in [9.17, 15) is 4.39 Å². The van der Waals surface area contributed by atoms with Crippen molar-refractivity contribution in [1.29, 1.82) is 0 Å². The summed E-state index contributed by atoms with van der Waals surface area (Å²) >= 11 is 0. The number of rotatable bonds is 2. The van der Waals surface area contributed by atoms with Gasteiger partial charge in [0.05, 0.1) is 0 Å². The highest BCUT2D eigenvalue weighted by Crippen LogP contribution is 2.30. The molecule has 1 nitrogen and oxygen atoms in total. The molecule has 0 aliphatic carbocycles. The largest absolute Gasteiger partial charge is 0.314 e. The maximum atomic E-state index is 14.2. The van der Waals surface area contributed by atoms with E-state index >= 15 is 0 Å². The minimum absolute atomic E-state index is 0.149. The van der Waals surface area contributed by atoms with Gasteiger partial charge >= 0.3 is 0 Å². The maximum Gasteiger partial charge on any atom is 0.123 e. The Morgan fingerprint density at radius 2 is 2.06 bits per heavy atom. The van der Waals surface area contributed by atoms with Gasteiger partial charge < -0.3 is 5.32 Å². The average molecular weight is 221 g/mol. The number of alkyl halides is 1. The summed E-state index contributed by atoms with van der Waals surface area (Å²) < 4.78 is 14.2. The molecule has 0 bridgehead atoms. The highest BCUT2D eigenvalue weighted by atomic mass is 19.1. The van der Waals surface area contributed by atoms with Gasteiger partial charge in [-0.25, -0.2) is 4.39 Å². The van der Waals surface area contributed by atoms with Gasteiger partial charge in [0, 0.05) is 6.54 Å². The number of hydrogen-bond donors (Lipinski definition) is 1. The van der Waals surface area contributed by atoms with Gasteiger partial charge in [0.1, 0.15) is 5.67 Å². The van der Waals surface area contributed by atoms with Crippen LogP contribution >= 0.6 is 0 Å². The first kappa shape index (κ1) is 11.6. The molecule has 2 rings (SSSR count). The Morgan fingerprint density at radius 1 is 1.38 bits per heavy atom. The van der Waals surface area contributed by atoms with Crippen molar-refractivity contribution >= 4 is 0 Å². The van der Waals surface area contributed by atoms with Gasteiger partial charge in [-0.2, -0.15) is 0 Å². The second kappa shape index (κ2) is 4.54. The first-order chi connectivity index (χ1) is 7.58. The van der Waals surface area contributed by atoms with Crippen molar-refractivity contribution in [1.82, 2.24) is 5.32 Å². The van der Waals surface area contributed by atoms with Crippen LogP contribution < -0.4 is 5.32 Å². The number of nitrogens with one attached hydrogen (secondary N) is 1. The fourth-order valence-electron chi connectivity index (χ4n) is 2.38. The van der Waals surface area contributed by atoms with Crippen molar-refractivity contribution in [2.45, 2.75) is 32.4 Å². The van der Waals surface area contributed by atoms with E-state index in [-0.39, 0.29) is 5.92 Å². The lowest BCUT2D eigenvalue weighted by Crippen LogP contribution is -2.47. The van der Waals surface area contributed by atoms with E-state index in [1.165, 1.54) is 11.1 Å². The van der Waals surface area contributed by atoms with Crippen molar-refractivity contribution in [3.63, 3.8) is 0 Å². The summed E-state index contributed by atoms with van der Waals surface area (Å²) in [7, 11) is 0. The van der Waals surface area contributed by atoms with Crippen LogP contribution in [0.2, 0.25) is 0 Å². The van der Waals surface area contributed by atoms with Gasteiger partial charge in [0.15, 0.2) is 0 Å². The van der Waals surface area contributed by atoms with Crippen LogP contribution in [0.15, 0.2) is 24.3 Å². The maximum absolute atomic E-state index is 14.2. The minimum Gasteiger partial charge on any atom is -0.314 e. The van der Waals surface area contributed by atoms with Crippen LogP contribution in [0, 0.1) is 12.8 Å². The molecule has 2 unspecified atom stereocenters. The fourth-order valence-corrected chi connectivity index (χ4v) is 2.38. The van der Waals surface area contributed by atoms with Crippen LogP contribution in [-0.2, 0) is 6.42 Å². The molecule has 1 heterocycles. The van der Waals surface area contributed by atoms with E-state index in [0.717, 1.165) is 19.4 Å². The first-order valence-electron chi connectivity index (χ1n) is 6.03. The number of halogens is 1. The van der Waals surface area contributed by atoms with Gasteiger partial charge in [-0.3, -0.25) is 0 Å². The molecule has 0 spiro atoms. The monoisotopic (exact) mass is 221 g/mol. The SMILES string of the molecule is Cc1ccc(CC2CCNCC2(C)F)cc1. The predicted octanol–water partition coefficient (Wildman–Crippen LogP) is 2.88. The molecular weight excluding hydrogens is 201 g/mol. The summed E-state index contributed by atoms with van der Waals surface area (Å²) in [5.41, 5.74) is 1.45. The normalized spacial score (nSPS) is 30.3. The Labute approximate surface area is 97.1 Å². The summed E-state index contributed by atoms with van der Waals surface area (Å²) in [6.07, 6.45) is 1.79. The summed E-state index contributed by atoms with van der Waals surface area (Å²) in [5.74, 6) is 0.149. The fraction of sp³-hybridized carbons (Fsp3) is 0.571. The molecule has 0 radical (unpaired) electrons. The van der Waals surface area contributed by atoms with E-state index in [1.807, 2.05) is 0 Å². The van der Waals surface area contributed by atoms with Crippen molar-refractivity contribution in [3.05, 3.63) is 35.4 Å². The van der Waals surface area contributed by atoms with Crippen molar-refractivity contribution < 1.29 is 4.39 Å². The van der Waals surface area contributed by atoms with Gasteiger partial charge in [-0.1, -0.05) is 29.8 Å². The minimum atomic E-state index is -1.07. The molecule has 0 saturated carbocycles. The Morgan fingerprint density at radius 3 is 2.69 bits per heavy atom. The predicted molar refractivity (Wildman–Crippen MR) is 65.4 cm³/mol. The topological polar surface area (TPSA) is 12.0 Å².